The van der Waals surface area contributed by atoms with Gasteiger partial charge in [-0.2, -0.15) is 0 Å². The standard InChI is InChI=1S/C22H26N4O2/c27-21(17-5-7-23-8-6-17)25-12-16-11-19(15-25)20-4-3-18(22(28)26(20)13-16)14-24-9-1-2-10-24/h3-8,16,19H,1-2,9-15H2/t16-,19+/m0/s1. The van der Waals surface area contributed by atoms with E-state index in [0.29, 0.717) is 18.0 Å². The number of amides is 1. The van der Waals surface area contributed by atoms with Gasteiger partial charge in [0.2, 0.25) is 0 Å². The van der Waals surface area contributed by atoms with Crippen molar-refractivity contribution in [2.75, 3.05) is 26.2 Å². The molecule has 6 nitrogen and oxygen atoms in total. The van der Waals surface area contributed by atoms with Gasteiger partial charge in [-0.3, -0.25) is 19.5 Å². The van der Waals surface area contributed by atoms with E-state index in [4.69, 9.17) is 0 Å². The maximum absolute atomic E-state index is 13.1. The molecular formula is C22H26N4O2. The molecule has 2 fully saturated rings. The number of carbonyl (C=O) groups is 1. The number of hydrogen-bond acceptors (Lipinski definition) is 4. The van der Waals surface area contributed by atoms with E-state index in [9.17, 15) is 9.59 Å². The van der Waals surface area contributed by atoms with E-state index in [1.807, 2.05) is 15.5 Å². The van der Waals surface area contributed by atoms with Crippen molar-refractivity contribution in [1.29, 1.82) is 0 Å². The number of nitrogens with zero attached hydrogens (tertiary/aromatic N) is 4. The smallest absolute Gasteiger partial charge is 0.255 e. The van der Waals surface area contributed by atoms with Crippen molar-refractivity contribution in [2.45, 2.75) is 38.3 Å². The van der Waals surface area contributed by atoms with Crippen molar-refractivity contribution in [2.24, 2.45) is 5.92 Å². The first-order valence-electron chi connectivity index (χ1n) is 10.3. The quantitative estimate of drug-likeness (QED) is 0.821. The van der Waals surface area contributed by atoms with Gasteiger partial charge in [-0.1, -0.05) is 6.07 Å². The number of hydrogen-bond donors (Lipinski definition) is 0. The van der Waals surface area contributed by atoms with Crippen LogP contribution in [-0.2, 0) is 13.1 Å². The third-order valence-corrected chi connectivity index (χ3v) is 6.49. The van der Waals surface area contributed by atoms with Crippen molar-refractivity contribution in [1.82, 2.24) is 19.4 Å². The Morgan fingerprint density at radius 2 is 1.82 bits per heavy atom. The van der Waals surface area contributed by atoms with Crippen molar-refractivity contribution in [3.63, 3.8) is 0 Å². The molecule has 3 aliphatic heterocycles. The van der Waals surface area contributed by atoms with E-state index in [1.54, 1.807) is 24.5 Å². The first-order chi connectivity index (χ1) is 13.7. The number of rotatable bonds is 3. The van der Waals surface area contributed by atoms with Crippen LogP contribution >= 0.6 is 0 Å². The zero-order valence-electron chi connectivity index (χ0n) is 16.1. The molecule has 5 rings (SSSR count). The summed E-state index contributed by atoms with van der Waals surface area (Å²) in [6, 6.07) is 7.70. The second-order valence-corrected chi connectivity index (χ2v) is 8.43. The first-order valence-corrected chi connectivity index (χ1v) is 10.3. The highest BCUT2D eigenvalue weighted by molar-refractivity contribution is 5.94. The van der Waals surface area contributed by atoms with Crippen molar-refractivity contribution in [3.8, 4) is 0 Å². The second kappa shape index (κ2) is 7.17. The molecule has 2 saturated heterocycles. The number of aromatic nitrogens is 2. The van der Waals surface area contributed by atoms with E-state index in [0.717, 1.165) is 50.4 Å². The van der Waals surface area contributed by atoms with Crippen LogP contribution in [0, 0.1) is 5.92 Å². The van der Waals surface area contributed by atoms with Gasteiger partial charge >= 0.3 is 0 Å². The van der Waals surface area contributed by atoms with E-state index >= 15 is 0 Å². The summed E-state index contributed by atoms with van der Waals surface area (Å²) < 4.78 is 2.00. The Balaban J connectivity index is 1.39. The number of fused-ring (bicyclic) bond motifs is 4. The lowest BCUT2D eigenvalue weighted by Gasteiger charge is -2.43. The minimum Gasteiger partial charge on any atom is -0.338 e. The lowest BCUT2D eigenvalue weighted by molar-refractivity contribution is 0.0594. The zero-order valence-corrected chi connectivity index (χ0v) is 16.1. The molecular weight excluding hydrogens is 352 g/mol. The summed E-state index contributed by atoms with van der Waals surface area (Å²) in [5.74, 6) is 0.655. The Morgan fingerprint density at radius 1 is 1.04 bits per heavy atom. The van der Waals surface area contributed by atoms with Crippen LogP contribution in [0.4, 0.5) is 0 Å². The fraction of sp³-hybridized carbons (Fsp3) is 0.500. The summed E-state index contributed by atoms with van der Waals surface area (Å²) in [7, 11) is 0. The maximum atomic E-state index is 13.1. The molecule has 1 amide bonds. The third-order valence-electron chi connectivity index (χ3n) is 6.49. The number of piperidine rings is 1. The number of pyridine rings is 2. The fourth-order valence-electron chi connectivity index (χ4n) is 5.14. The average molecular weight is 378 g/mol. The molecule has 2 aromatic rings. The van der Waals surface area contributed by atoms with Gasteiger partial charge in [-0.15, -0.1) is 0 Å². The highest BCUT2D eigenvalue weighted by atomic mass is 16.2. The predicted molar refractivity (Wildman–Crippen MR) is 106 cm³/mol. The van der Waals surface area contributed by atoms with Crippen LogP contribution in [0.2, 0.25) is 0 Å². The Labute approximate surface area is 164 Å². The van der Waals surface area contributed by atoms with Gasteiger partial charge in [0.05, 0.1) is 0 Å². The fourth-order valence-corrected chi connectivity index (χ4v) is 5.14. The van der Waals surface area contributed by atoms with E-state index in [1.165, 1.54) is 12.8 Å². The van der Waals surface area contributed by atoms with Gasteiger partial charge in [0.1, 0.15) is 0 Å². The van der Waals surface area contributed by atoms with Crippen LogP contribution in [0.25, 0.3) is 0 Å². The van der Waals surface area contributed by atoms with Crippen LogP contribution in [0.15, 0.2) is 41.5 Å². The molecule has 0 saturated carbocycles. The van der Waals surface area contributed by atoms with Crippen LogP contribution in [0.3, 0.4) is 0 Å². The van der Waals surface area contributed by atoms with Gasteiger partial charge in [0.25, 0.3) is 11.5 Å². The van der Waals surface area contributed by atoms with Crippen molar-refractivity contribution < 1.29 is 4.79 Å². The summed E-state index contributed by atoms with van der Waals surface area (Å²) in [5, 5.41) is 0. The molecule has 2 atom stereocenters. The molecule has 2 bridgehead atoms. The Bertz CT molecular complexity index is 933. The van der Waals surface area contributed by atoms with Gasteiger partial charge in [-0.25, -0.2) is 0 Å². The third kappa shape index (κ3) is 3.15. The van der Waals surface area contributed by atoms with Gasteiger partial charge < -0.3 is 9.47 Å². The monoisotopic (exact) mass is 378 g/mol. The van der Waals surface area contributed by atoms with E-state index in [2.05, 4.69) is 16.0 Å². The molecule has 0 spiro atoms. The lowest BCUT2D eigenvalue weighted by Crippen LogP contribution is -2.49. The van der Waals surface area contributed by atoms with Crippen molar-refractivity contribution >= 4 is 5.91 Å². The molecule has 5 heterocycles. The summed E-state index contributed by atoms with van der Waals surface area (Å²) in [6.07, 6.45) is 6.85. The Kier molecular flexibility index (Phi) is 4.51. The lowest BCUT2D eigenvalue weighted by atomic mass is 9.82. The molecule has 146 valence electrons. The molecule has 0 unspecified atom stereocenters. The van der Waals surface area contributed by atoms with E-state index in [-0.39, 0.29) is 17.4 Å². The molecule has 2 aromatic heterocycles. The SMILES string of the molecule is O=C(c1ccncc1)N1C[C@@H]2C[C@H](C1)c1ccc(CN3CCCC3)c(=O)n1C2. The minimum atomic E-state index is 0.0681. The Hall–Kier alpha value is -2.47. The van der Waals surface area contributed by atoms with Crippen LogP contribution < -0.4 is 5.56 Å². The number of likely N-dealkylation sites (tertiary alicyclic amines) is 2. The van der Waals surface area contributed by atoms with Crippen LogP contribution in [-0.4, -0.2) is 51.4 Å². The topological polar surface area (TPSA) is 58.4 Å². The summed E-state index contributed by atoms with van der Waals surface area (Å²) >= 11 is 0. The van der Waals surface area contributed by atoms with Crippen molar-refractivity contribution in [3.05, 3.63) is 63.8 Å². The average Bonchev–Trinajstić information content (AvgIpc) is 3.23. The summed E-state index contributed by atoms with van der Waals surface area (Å²) in [5.41, 5.74) is 2.87. The largest absolute Gasteiger partial charge is 0.338 e. The Morgan fingerprint density at radius 3 is 2.61 bits per heavy atom. The molecule has 6 heteroatoms. The first kappa shape index (κ1) is 17.6. The highest BCUT2D eigenvalue weighted by Gasteiger charge is 2.37. The maximum Gasteiger partial charge on any atom is 0.255 e. The summed E-state index contributed by atoms with van der Waals surface area (Å²) in [4.78, 5) is 34.3. The van der Waals surface area contributed by atoms with Crippen LogP contribution in [0.5, 0.6) is 0 Å². The van der Waals surface area contributed by atoms with Crippen LogP contribution in [0.1, 0.15) is 46.8 Å². The predicted octanol–water partition coefficient (Wildman–Crippen LogP) is 2.10. The van der Waals surface area contributed by atoms with Gasteiger partial charge in [0.15, 0.2) is 0 Å². The molecule has 0 radical (unpaired) electrons. The molecule has 3 aliphatic rings. The zero-order chi connectivity index (χ0) is 19.1. The van der Waals surface area contributed by atoms with E-state index < -0.39 is 0 Å². The molecule has 0 N–H and O–H groups in total. The molecule has 0 aliphatic carbocycles. The molecule has 28 heavy (non-hydrogen) atoms. The van der Waals surface area contributed by atoms with Gasteiger partial charge in [-0.05, 0) is 56.5 Å². The van der Waals surface area contributed by atoms with Gasteiger partial charge in [0, 0.05) is 61.3 Å². The normalized spacial score (nSPS) is 24.2. The second-order valence-electron chi connectivity index (χ2n) is 8.43. The molecule has 0 aromatic carbocycles. The highest BCUT2D eigenvalue weighted by Crippen LogP contribution is 2.35. The summed E-state index contributed by atoms with van der Waals surface area (Å²) in [6.45, 7) is 5.08. The minimum absolute atomic E-state index is 0.0681. The number of carbonyl (C=O) groups excluding carboxylic acids is 1.